The number of ketones is 2. The number of aromatic nitrogens is 1. The van der Waals surface area contributed by atoms with Crippen molar-refractivity contribution >= 4 is 45.1 Å². The number of carbonyl (C=O) groups excluding carboxylic acids is 3. The summed E-state index contributed by atoms with van der Waals surface area (Å²) in [4.78, 5) is 44.9. The van der Waals surface area contributed by atoms with Crippen LogP contribution in [0.25, 0.3) is 21.8 Å². The van der Waals surface area contributed by atoms with Crippen LogP contribution in [0.1, 0.15) is 67.2 Å². The summed E-state index contributed by atoms with van der Waals surface area (Å²) < 4.78 is 2.21. The van der Waals surface area contributed by atoms with Crippen molar-refractivity contribution in [1.82, 2.24) is 4.57 Å². The van der Waals surface area contributed by atoms with Gasteiger partial charge in [0.05, 0.1) is 11.3 Å². The van der Waals surface area contributed by atoms with E-state index in [4.69, 9.17) is 4.84 Å². The van der Waals surface area contributed by atoms with Crippen molar-refractivity contribution in [3.05, 3.63) is 154 Å². The van der Waals surface area contributed by atoms with Crippen LogP contribution in [-0.2, 0) is 11.4 Å². The van der Waals surface area contributed by atoms with Crippen molar-refractivity contribution in [1.29, 1.82) is 0 Å². The van der Waals surface area contributed by atoms with Crippen molar-refractivity contribution in [3.8, 4) is 0 Å². The Morgan fingerprint density at radius 1 is 0.636 bits per heavy atom. The molecule has 0 radical (unpaired) electrons. The van der Waals surface area contributed by atoms with Gasteiger partial charge in [-0.2, -0.15) is 0 Å². The van der Waals surface area contributed by atoms with Gasteiger partial charge in [0, 0.05) is 50.6 Å². The average Bonchev–Trinajstić information content (AvgIpc) is 3.39. The van der Waals surface area contributed by atoms with Gasteiger partial charge in [0.2, 0.25) is 0 Å². The largest absolute Gasteiger partial charge is 0.366 e. The molecule has 6 rings (SSSR count). The summed E-state index contributed by atoms with van der Waals surface area (Å²) in [5.74, 6) is -1.00. The van der Waals surface area contributed by atoms with E-state index in [0.29, 0.717) is 22.4 Å². The number of oxime groups is 1. The Kier molecular flexibility index (Phi) is 7.73. The van der Waals surface area contributed by atoms with Crippen molar-refractivity contribution in [2.24, 2.45) is 5.16 Å². The van der Waals surface area contributed by atoms with Gasteiger partial charge in [-0.05, 0) is 68.3 Å². The Morgan fingerprint density at radius 2 is 1.18 bits per heavy atom. The smallest absolute Gasteiger partial charge is 0.341 e. The lowest BCUT2D eigenvalue weighted by atomic mass is 9.97. The van der Waals surface area contributed by atoms with Gasteiger partial charge in [-0.15, -0.1) is 0 Å². The van der Waals surface area contributed by atoms with Crippen molar-refractivity contribution < 1.29 is 19.2 Å². The fourth-order valence-electron chi connectivity index (χ4n) is 5.61. The maximum absolute atomic E-state index is 13.4. The molecule has 0 unspecified atom stereocenters. The predicted octanol–water partition coefficient (Wildman–Crippen LogP) is 8.17. The molecule has 0 saturated carbocycles. The van der Waals surface area contributed by atoms with E-state index in [0.717, 1.165) is 39.5 Å². The van der Waals surface area contributed by atoms with Gasteiger partial charge in [-0.3, -0.25) is 9.59 Å². The minimum atomic E-state index is -0.716. The number of nitrogens with zero attached hydrogens (tertiary/aromatic N) is 2. The lowest BCUT2D eigenvalue weighted by Crippen LogP contribution is -2.11. The highest BCUT2D eigenvalue weighted by atomic mass is 16.7. The first-order valence-corrected chi connectivity index (χ1v) is 14.5. The zero-order valence-corrected chi connectivity index (χ0v) is 24.7. The third-order valence-corrected chi connectivity index (χ3v) is 7.94. The zero-order chi connectivity index (χ0) is 30.8. The molecule has 44 heavy (non-hydrogen) atoms. The molecule has 0 fully saturated rings. The number of fused-ring (bicyclic) bond motifs is 3. The molecule has 0 atom stereocenters. The Labute approximate surface area is 255 Å². The molecular weight excluding hydrogens is 548 g/mol. The lowest BCUT2D eigenvalue weighted by Gasteiger charge is -2.07. The maximum atomic E-state index is 13.4. The van der Waals surface area contributed by atoms with Gasteiger partial charge in [0.15, 0.2) is 11.6 Å². The summed E-state index contributed by atoms with van der Waals surface area (Å²) in [6.07, 6.45) is 0. The van der Waals surface area contributed by atoms with E-state index in [1.165, 1.54) is 0 Å². The molecule has 1 aromatic heterocycles. The Morgan fingerprint density at radius 3 is 1.84 bits per heavy atom. The first-order valence-electron chi connectivity index (χ1n) is 14.5. The van der Waals surface area contributed by atoms with Crippen LogP contribution < -0.4 is 0 Å². The van der Waals surface area contributed by atoms with Gasteiger partial charge in [0.1, 0.15) is 0 Å². The molecular formula is C38H30N2O4. The Bertz CT molecular complexity index is 2100. The molecule has 1 heterocycles. The van der Waals surface area contributed by atoms with E-state index in [1.807, 2.05) is 73.7 Å². The molecule has 216 valence electrons. The second kappa shape index (κ2) is 11.9. The highest BCUT2D eigenvalue weighted by Gasteiger charge is 2.20. The normalized spacial score (nSPS) is 11.6. The first-order chi connectivity index (χ1) is 21.4. The number of aryl methyl sites for hydroxylation is 2. The van der Waals surface area contributed by atoms with Crippen LogP contribution in [0.5, 0.6) is 0 Å². The summed E-state index contributed by atoms with van der Waals surface area (Å²) >= 11 is 0. The molecule has 0 aliphatic heterocycles. The second-order valence-corrected chi connectivity index (χ2v) is 10.6. The average molecular weight is 579 g/mol. The van der Waals surface area contributed by atoms with Crippen LogP contribution in [0.3, 0.4) is 0 Å². The molecule has 0 N–H and O–H groups in total. The molecule has 5 aromatic carbocycles. The summed E-state index contributed by atoms with van der Waals surface area (Å²) in [7, 11) is 0. The minimum Gasteiger partial charge on any atom is -0.341 e. The fourth-order valence-corrected chi connectivity index (χ4v) is 5.61. The predicted molar refractivity (Wildman–Crippen MR) is 174 cm³/mol. The lowest BCUT2D eigenvalue weighted by molar-refractivity contribution is 0.0513. The number of rotatable bonds is 8. The quantitative estimate of drug-likeness (QED) is 0.0790. The van der Waals surface area contributed by atoms with Gasteiger partial charge in [-0.1, -0.05) is 84.0 Å². The highest BCUT2D eigenvalue weighted by Crippen LogP contribution is 2.32. The summed E-state index contributed by atoms with van der Waals surface area (Å²) in [6, 6.07) is 34.8. The van der Waals surface area contributed by atoms with E-state index in [9.17, 15) is 14.4 Å². The van der Waals surface area contributed by atoms with E-state index in [2.05, 4.69) is 16.6 Å². The van der Waals surface area contributed by atoms with E-state index >= 15 is 0 Å². The number of hydrogen-bond acceptors (Lipinski definition) is 5. The van der Waals surface area contributed by atoms with Gasteiger partial charge in [0.25, 0.3) is 0 Å². The van der Waals surface area contributed by atoms with E-state index in [-0.39, 0.29) is 22.7 Å². The van der Waals surface area contributed by atoms with Gasteiger partial charge >= 0.3 is 5.97 Å². The van der Waals surface area contributed by atoms with Crippen LogP contribution in [0, 0.1) is 6.92 Å². The van der Waals surface area contributed by atoms with Crippen LogP contribution in [0.2, 0.25) is 0 Å². The second-order valence-electron chi connectivity index (χ2n) is 10.6. The zero-order valence-electron chi connectivity index (χ0n) is 24.7. The van der Waals surface area contributed by atoms with Crippen molar-refractivity contribution in [2.75, 3.05) is 0 Å². The molecule has 0 spiro atoms. The SMILES string of the molecule is CCn1c2ccc(C(=O)c3ccccc3C)cc2c2cc(/C(C)=N/OC(=O)c3ccccc3C(=O)c3ccccc3)ccc21. The monoisotopic (exact) mass is 578 g/mol. The standard InChI is InChI=1S/C38H30N2O4/c1-4-40-34-20-18-27(22-32(34)33-23-28(19-21-35(33)40)37(42)29-15-9-8-12-24(29)2)25(3)39-44-38(43)31-17-11-10-16-30(31)36(41)26-13-6-5-7-14-26/h5-23H,4H2,1-3H3/b39-25+. The maximum Gasteiger partial charge on any atom is 0.366 e. The summed E-state index contributed by atoms with van der Waals surface area (Å²) in [5.41, 5.74) is 6.44. The third kappa shape index (κ3) is 5.22. The topological polar surface area (TPSA) is 77.7 Å². The van der Waals surface area contributed by atoms with Crippen LogP contribution >= 0.6 is 0 Å². The molecule has 6 heteroatoms. The van der Waals surface area contributed by atoms with E-state index < -0.39 is 5.97 Å². The van der Waals surface area contributed by atoms with Gasteiger partial charge in [-0.25, -0.2) is 4.79 Å². The number of hydrogen-bond donors (Lipinski definition) is 0. The molecule has 0 aliphatic rings. The minimum absolute atomic E-state index is 0.0192. The number of carbonyl (C=O) groups is 3. The Hall–Kier alpha value is -5.62. The van der Waals surface area contributed by atoms with Gasteiger partial charge < -0.3 is 9.40 Å². The molecule has 0 saturated heterocycles. The summed E-state index contributed by atoms with van der Waals surface area (Å²) in [5, 5.41) is 6.08. The van der Waals surface area contributed by atoms with Crippen molar-refractivity contribution in [3.63, 3.8) is 0 Å². The molecule has 6 nitrogen and oxygen atoms in total. The van der Waals surface area contributed by atoms with Crippen LogP contribution in [0.15, 0.2) is 120 Å². The Balaban J connectivity index is 1.33. The molecule has 0 aliphatic carbocycles. The van der Waals surface area contributed by atoms with Crippen LogP contribution in [-0.4, -0.2) is 27.8 Å². The first kappa shape index (κ1) is 28.5. The molecule has 0 amide bonds. The van der Waals surface area contributed by atoms with Crippen LogP contribution in [0.4, 0.5) is 0 Å². The molecule has 0 bridgehead atoms. The fraction of sp³-hybridized carbons (Fsp3) is 0.105. The highest BCUT2D eigenvalue weighted by molar-refractivity contribution is 6.17. The molecule has 6 aromatic rings. The van der Waals surface area contributed by atoms with Crippen molar-refractivity contribution in [2.45, 2.75) is 27.3 Å². The summed E-state index contributed by atoms with van der Waals surface area (Å²) in [6.45, 7) is 6.55. The third-order valence-electron chi connectivity index (χ3n) is 7.94. The number of benzene rings is 5. The van der Waals surface area contributed by atoms with E-state index in [1.54, 1.807) is 55.5 Å².